The summed E-state index contributed by atoms with van der Waals surface area (Å²) in [5.41, 5.74) is 10.8. The van der Waals surface area contributed by atoms with Crippen molar-refractivity contribution >= 4 is 17.2 Å². The van der Waals surface area contributed by atoms with E-state index < -0.39 is 5.97 Å². The molecular formula is C32H31N2O3+. The molecule has 0 spiro atoms. The molecule has 0 fully saturated rings. The molecule has 0 saturated carbocycles. The number of benzene rings is 3. The summed E-state index contributed by atoms with van der Waals surface area (Å²) in [5.74, 6) is 1.19. The summed E-state index contributed by atoms with van der Waals surface area (Å²) in [4.78, 5) is 14.2. The summed E-state index contributed by atoms with van der Waals surface area (Å²) >= 11 is 0. The van der Waals surface area contributed by atoms with Gasteiger partial charge in [-0.3, -0.25) is 0 Å². The van der Waals surface area contributed by atoms with Crippen LogP contribution in [-0.4, -0.2) is 37.3 Å². The normalized spacial score (nSPS) is 18.9. The van der Waals surface area contributed by atoms with Gasteiger partial charge in [0.25, 0.3) is 0 Å². The number of ether oxygens (including phenoxy) is 1. The van der Waals surface area contributed by atoms with Crippen molar-refractivity contribution in [3.05, 3.63) is 85.9 Å². The van der Waals surface area contributed by atoms with Crippen LogP contribution in [0.1, 0.15) is 69.4 Å². The Morgan fingerprint density at radius 3 is 2.38 bits per heavy atom. The van der Waals surface area contributed by atoms with Gasteiger partial charge in [-0.25, -0.2) is 9.37 Å². The van der Waals surface area contributed by atoms with Crippen LogP contribution in [0.25, 0.3) is 5.57 Å². The van der Waals surface area contributed by atoms with E-state index in [2.05, 4.69) is 21.6 Å². The van der Waals surface area contributed by atoms with E-state index in [1.165, 1.54) is 62.5 Å². The molecule has 8 rings (SSSR count). The summed E-state index contributed by atoms with van der Waals surface area (Å²) in [6.45, 7) is 4.54. The number of hydrogen-bond acceptors (Lipinski definition) is 3. The molecule has 37 heavy (non-hydrogen) atoms. The molecule has 0 aromatic heterocycles. The predicted octanol–water partition coefficient (Wildman–Crippen LogP) is 3.82. The van der Waals surface area contributed by atoms with Crippen LogP contribution in [0.2, 0.25) is 0 Å². The van der Waals surface area contributed by atoms with Gasteiger partial charge in [0.1, 0.15) is 24.6 Å². The summed E-state index contributed by atoms with van der Waals surface area (Å²) < 4.78 is 9.64. The average Bonchev–Trinajstić information content (AvgIpc) is 2.93. The fraction of sp³-hybridized carbons (Fsp3) is 0.375. The quantitative estimate of drug-likeness (QED) is 0.433. The third-order valence-corrected chi connectivity index (χ3v) is 9.11. The zero-order chi connectivity index (χ0) is 24.7. The highest BCUT2D eigenvalue weighted by atomic mass is 16.5. The third kappa shape index (κ3) is 3.09. The number of carboxylic acid groups (broad SMARTS) is 1. The standard InChI is InChI=1S/C32H30N2O3/c35-32(36)20-11-9-19(10-12-20)27-25-17-21-5-1-13-33-15-3-7-23(28(21)33)30(25)37-31-24-8-4-16-34-14-2-6-22(29(24)34)18-26(27)31/h9-12,17-18H,1-8,13-16H2/p+1. The fourth-order valence-electron chi connectivity index (χ4n) is 7.60. The van der Waals surface area contributed by atoms with Crippen LogP contribution in [0.4, 0.5) is 5.69 Å². The van der Waals surface area contributed by atoms with Crippen LogP contribution >= 0.6 is 0 Å². The van der Waals surface area contributed by atoms with Crippen LogP contribution in [0.3, 0.4) is 0 Å². The smallest absolute Gasteiger partial charge is 0.335 e. The number of hydrogen-bond donors (Lipinski definition) is 1. The molecule has 3 aromatic carbocycles. The lowest BCUT2D eigenvalue weighted by molar-refractivity contribution is 0.0697. The van der Waals surface area contributed by atoms with Crippen molar-refractivity contribution < 1.29 is 14.6 Å². The highest BCUT2D eigenvalue weighted by Crippen LogP contribution is 2.48. The van der Waals surface area contributed by atoms with E-state index in [4.69, 9.17) is 4.74 Å². The van der Waals surface area contributed by atoms with E-state index in [-0.39, 0.29) is 0 Å². The molecule has 0 saturated heterocycles. The number of carbonyl (C=O) groups is 1. The molecule has 0 radical (unpaired) electrons. The van der Waals surface area contributed by atoms with Crippen molar-refractivity contribution in [2.75, 3.05) is 31.1 Å². The van der Waals surface area contributed by atoms with Crippen molar-refractivity contribution in [2.24, 2.45) is 0 Å². The molecule has 186 valence electrons. The van der Waals surface area contributed by atoms with Gasteiger partial charge < -0.3 is 14.7 Å². The number of fused-ring (bicyclic) bond motifs is 4. The van der Waals surface area contributed by atoms with Crippen LogP contribution < -0.4 is 24.8 Å². The highest BCUT2D eigenvalue weighted by molar-refractivity contribution is 5.91. The number of aromatic carboxylic acids is 1. The maximum atomic E-state index is 11.6. The molecule has 3 aromatic rings. The fourth-order valence-corrected chi connectivity index (χ4v) is 7.60. The van der Waals surface area contributed by atoms with E-state index in [0.717, 1.165) is 81.8 Å². The van der Waals surface area contributed by atoms with E-state index in [1.54, 1.807) is 12.1 Å². The molecule has 1 N–H and O–H groups in total. The lowest BCUT2D eigenvalue weighted by Gasteiger charge is -2.39. The highest BCUT2D eigenvalue weighted by Gasteiger charge is 2.35. The second-order valence-electron chi connectivity index (χ2n) is 11.2. The summed E-state index contributed by atoms with van der Waals surface area (Å²) in [5, 5.41) is 12.1. The minimum atomic E-state index is -0.887. The van der Waals surface area contributed by atoms with Gasteiger partial charge in [0, 0.05) is 59.1 Å². The van der Waals surface area contributed by atoms with Crippen LogP contribution in [-0.2, 0) is 25.7 Å². The van der Waals surface area contributed by atoms with E-state index in [0.29, 0.717) is 5.56 Å². The van der Waals surface area contributed by atoms with Crippen molar-refractivity contribution in [2.45, 2.75) is 51.4 Å². The number of carboxylic acids is 1. The molecule has 5 heterocycles. The monoisotopic (exact) mass is 491 g/mol. The van der Waals surface area contributed by atoms with Crippen molar-refractivity contribution in [3.63, 3.8) is 0 Å². The molecular weight excluding hydrogens is 460 g/mol. The number of anilines is 1. The van der Waals surface area contributed by atoms with Gasteiger partial charge in [-0.05, 0) is 73.9 Å². The lowest BCUT2D eigenvalue weighted by atomic mass is 9.82. The van der Waals surface area contributed by atoms with Gasteiger partial charge in [0.15, 0.2) is 0 Å². The van der Waals surface area contributed by atoms with Crippen LogP contribution in [0.5, 0.6) is 11.5 Å². The molecule has 0 amide bonds. The van der Waals surface area contributed by atoms with E-state index >= 15 is 0 Å². The first-order valence-electron chi connectivity index (χ1n) is 13.9. The molecule has 5 nitrogen and oxygen atoms in total. The Kier molecular flexibility index (Phi) is 4.61. The van der Waals surface area contributed by atoms with Crippen molar-refractivity contribution in [1.29, 1.82) is 0 Å². The predicted molar refractivity (Wildman–Crippen MR) is 144 cm³/mol. The first-order valence-corrected chi connectivity index (χ1v) is 13.9. The second kappa shape index (κ2) is 7.95. The number of rotatable bonds is 2. The maximum absolute atomic E-state index is 11.6. The molecule has 0 bridgehead atoms. The molecule has 0 atom stereocenters. The topological polar surface area (TPSA) is 52.8 Å². The maximum Gasteiger partial charge on any atom is 0.335 e. The van der Waals surface area contributed by atoms with Crippen LogP contribution in [0.15, 0.2) is 36.4 Å². The van der Waals surface area contributed by atoms with E-state index in [1.807, 2.05) is 12.1 Å². The van der Waals surface area contributed by atoms with Gasteiger partial charge in [0.05, 0.1) is 11.1 Å². The second-order valence-corrected chi connectivity index (χ2v) is 11.2. The summed E-state index contributed by atoms with van der Waals surface area (Å²) in [7, 11) is 0. The Labute approximate surface area is 216 Å². The minimum absolute atomic E-state index is 0.323. The Morgan fingerprint density at radius 2 is 1.57 bits per heavy atom. The van der Waals surface area contributed by atoms with Gasteiger partial charge in [-0.1, -0.05) is 12.1 Å². The Bertz CT molecular complexity index is 1630. The van der Waals surface area contributed by atoms with Gasteiger partial charge in [0.2, 0.25) is 5.36 Å². The van der Waals surface area contributed by atoms with Gasteiger partial charge in [-0.2, -0.15) is 0 Å². The Balaban J connectivity index is 1.49. The van der Waals surface area contributed by atoms with Crippen molar-refractivity contribution in [1.82, 2.24) is 4.58 Å². The lowest BCUT2D eigenvalue weighted by Crippen LogP contribution is -2.45. The zero-order valence-corrected chi connectivity index (χ0v) is 21.1. The summed E-state index contributed by atoms with van der Waals surface area (Å²) in [6.07, 6.45) is 9.02. The number of nitrogens with zero attached hydrogens (tertiary/aromatic N) is 2. The minimum Gasteiger partial charge on any atom is -0.478 e. The van der Waals surface area contributed by atoms with Gasteiger partial charge in [-0.15, -0.1) is 0 Å². The molecule has 0 aliphatic carbocycles. The molecule has 5 heteroatoms. The Hall–Kier alpha value is -3.60. The molecule has 5 aliphatic heterocycles. The largest absolute Gasteiger partial charge is 0.478 e. The number of aryl methyl sites for hydroxylation is 2. The average molecular weight is 492 g/mol. The molecule has 0 unspecified atom stereocenters. The first-order chi connectivity index (χ1) is 18.2. The van der Waals surface area contributed by atoms with Gasteiger partial charge >= 0.3 is 5.97 Å². The molecule has 5 aliphatic rings. The van der Waals surface area contributed by atoms with Crippen LogP contribution in [0, 0.1) is 0 Å². The summed E-state index contributed by atoms with van der Waals surface area (Å²) in [6, 6.07) is 12.3. The SMILES string of the molecule is O=C(O)c1ccc(C2=c3cc4c5c(c3Oc3c2cc2c6c3CCCN6CCC2)CCC[N+]=5CCC4)cc1. The van der Waals surface area contributed by atoms with Crippen molar-refractivity contribution in [3.8, 4) is 11.5 Å². The first kappa shape index (κ1) is 21.5. The third-order valence-electron chi connectivity index (χ3n) is 9.11. The Morgan fingerprint density at radius 1 is 0.838 bits per heavy atom. The van der Waals surface area contributed by atoms with E-state index in [9.17, 15) is 9.90 Å². The zero-order valence-electron chi connectivity index (χ0n) is 21.1.